The molecule has 9 nitrogen and oxygen atoms in total. The maximum atomic E-state index is 13.1. The minimum Gasteiger partial charge on any atom is -0.389 e. The van der Waals surface area contributed by atoms with E-state index in [9.17, 15) is 19.1 Å². The highest BCUT2D eigenvalue weighted by molar-refractivity contribution is 5.92. The number of likely N-dealkylation sites (tertiary alicyclic amines) is 1. The smallest absolute Gasteiger partial charge is 0.272 e. The Labute approximate surface area is 187 Å². The van der Waals surface area contributed by atoms with Gasteiger partial charge in [0.2, 0.25) is 0 Å². The van der Waals surface area contributed by atoms with E-state index in [1.807, 2.05) is 24.3 Å². The lowest BCUT2D eigenvalue weighted by atomic mass is 9.85. The Balaban J connectivity index is 1.30. The number of fused-ring (bicyclic) bond motifs is 1. The van der Waals surface area contributed by atoms with Crippen LogP contribution in [0.4, 0.5) is 4.39 Å². The van der Waals surface area contributed by atoms with E-state index in [0.29, 0.717) is 43.4 Å². The number of pyridine rings is 1. The SMILES string of the molecule is O=C(c1ccc(F)cn1)N1CCC(O)(Cc2cccc(-n3ncc4c(=O)[nH]cnc43)c2)CC1. The first-order valence-corrected chi connectivity index (χ1v) is 10.6. The van der Waals surface area contributed by atoms with Crippen molar-refractivity contribution in [3.8, 4) is 5.69 Å². The molecule has 5 rings (SSSR count). The molecule has 1 saturated heterocycles. The monoisotopic (exact) mass is 448 g/mol. The summed E-state index contributed by atoms with van der Waals surface area (Å²) in [6.45, 7) is 0.759. The minimum atomic E-state index is -0.965. The molecular formula is C23H21FN6O3. The fourth-order valence-corrected chi connectivity index (χ4v) is 4.19. The summed E-state index contributed by atoms with van der Waals surface area (Å²) in [5, 5.41) is 15.9. The zero-order valence-corrected chi connectivity index (χ0v) is 17.6. The molecule has 0 unspecified atom stereocenters. The number of hydrogen-bond donors (Lipinski definition) is 2. The Bertz CT molecular complexity index is 1370. The van der Waals surface area contributed by atoms with E-state index in [1.54, 1.807) is 9.58 Å². The summed E-state index contributed by atoms with van der Waals surface area (Å²) < 4.78 is 14.7. The fourth-order valence-electron chi connectivity index (χ4n) is 4.19. The highest BCUT2D eigenvalue weighted by atomic mass is 19.1. The maximum Gasteiger partial charge on any atom is 0.272 e. The van der Waals surface area contributed by atoms with Gasteiger partial charge in [0.05, 0.1) is 30.0 Å². The molecule has 2 N–H and O–H groups in total. The van der Waals surface area contributed by atoms with E-state index < -0.39 is 11.4 Å². The third-order valence-electron chi connectivity index (χ3n) is 5.99. The predicted molar refractivity (Wildman–Crippen MR) is 117 cm³/mol. The van der Waals surface area contributed by atoms with E-state index in [-0.39, 0.29) is 17.2 Å². The Morgan fingerprint density at radius 3 is 2.73 bits per heavy atom. The lowest BCUT2D eigenvalue weighted by Crippen LogP contribution is -2.47. The number of nitrogens with one attached hydrogen (secondary N) is 1. The van der Waals surface area contributed by atoms with Crippen molar-refractivity contribution >= 4 is 16.9 Å². The van der Waals surface area contributed by atoms with Gasteiger partial charge in [-0.3, -0.25) is 9.59 Å². The second kappa shape index (κ2) is 8.21. The van der Waals surface area contributed by atoms with Gasteiger partial charge in [-0.25, -0.2) is 19.0 Å². The average Bonchev–Trinajstić information content (AvgIpc) is 3.25. The molecule has 1 amide bonds. The van der Waals surface area contributed by atoms with Crippen LogP contribution in [0.1, 0.15) is 28.9 Å². The highest BCUT2D eigenvalue weighted by Gasteiger charge is 2.34. The molecule has 0 spiro atoms. The number of aromatic nitrogens is 5. The molecular weight excluding hydrogens is 427 g/mol. The van der Waals surface area contributed by atoms with E-state index >= 15 is 0 Å². The van der Waals surface area contributed by atoms with E-state index in [0.717, 1.165) is 17.4 Å². The third kappa shape index (κ3) is 4.12. The number of piperidine rings is 1. The molecule has 1 fully saturated rings. The van der Waals surface area contributed by atoms with Gasteiger partial charge >= 0.3 is 0 Å². The lowest BCUT2D eigenvalue weighted by molar-refractivity contribution is -0.0163. The summed E-state index contributed by atoms with van der Waals surface area (Å²) in [6, 6.07) is 10.1. The van der Waals surface area contributed by atoms with Crippen LogP contribution in [-0.4, -0.2) is 59.3 Å². The van der Waals surface area contributed by atoms with Gasteiger partial charge in [-0.1, -0.05) is 12.1 Å². The van der Waals surface area contributed by atoms with Crippen LogP contribution in [0, 0.1) is 5.82 Å². The summed E-state index contributed by atoms with van der Waals surface area (Å²) in [5.41, 5.74) is 1.06. The van der Waals surface area contributed by atoms with Crippen molar-refractivity contribution in [1.29, 1.82) is 0 Å². The first-order valence-electron chi connectivity index (χ1n) is 10.6. The molecule has 0 bridgehead atoms. The van der Waals surface area contributed by atoms with Crippen molar-refractivity contribution in [2.24, 2.45) is 0 Å². The zero-order valence-electron chi connectivity index (χ0n) is 17.6. The second-order valence-electron chi connectivity index (χ2n) is 8.25. The van der Waals surface area contributed by atoms with Crippen LogP contribution in [0.3, 0.4) is 0 Å². The minimum absolute atomic E-state index is 0.188. The van der Waals surface area contributed by atoms with Crippen LogP contribution < -0.4 is 5.56 Å². The molecule has 168 valence electrons. The molecule has 1 aliphatic rings. The van der Waals surface area contributed by atoms with Gasteiger partial charge < -0.3 is 15.0 Å². The number of aromatic amines is 1. The van der Waals surface area contributed by atoms with Gasteiger partial charge in [-0.05, 0) is 42.7 Å². The first-order chi connectivity index (χ1) is 15.9. The summed E-state index contributed by atoms with van der Waals surface area (Å²) in [4.78, 5) is 36.8. The molecule has 0 radical (unpaired) electrons. The van der Waals surface area contributed by atoms with Crippen molar-refractivity contribution in [2.45, 2.75) is 24.9 Å². The quantitative estimate of drug-likeness (QED) is 0.492. The number of benzene rings is 1. The molecule has 33 heavy (non-hydrogen) atoms. The van der Waals surface area contributed by atoms with E-state index in [1.165, 1.54) is 24.7 Å². The third-order valence-corrected chi connectivity index (χ3v) is 5.99. The van der Waals surface area contributed by atoms with Crippen LogP contribution >= 0.6 is 0 Å². The number of H-pyrrole nitrogens is 1. The van der Waals surface area contributed by atoms with Gasteiger partial charge in [-0.15, -0.1) is 0 Å². The first kappa shape index (κ1) is 21.0. The number of nitrogens with zero attached hydrogens (tertiary/aromatic N) is 5. The molecule has 0 saturated carbocycles. The number of hydrogen-bond acceptors (Lipinski definition) is 6. The second-order valence-corrected chi connectivity index (χ2v) is 8.25. The predicted octanol–water partition coefficient (Wildman–Crippen LogP) is 1.85. The average molecular weight is 448 g/mol. The van der Waals surface area contributed by atoms with Gasteiger partial charge in [-0.2, -0.15) is 5.10 Å². The van der Waals surface area contributed by atoms with Gasteiger partial charge in [0.25, 0.3) is 11.5 Å². The molecule has 1 aromatic carbocycles. The van der Waals surface area contributed by atoms with Crippen LogP contribution in [0.2, 0.25) is 0 Å². The zero-order chi connectivity index (χ0) is 23.0. The highest BCUT2D eigenvalue weighted by Crippen LogP contribution is 2.28. The molecule has 1 aliphatic heterocycles. The number of aliphatic hydroxyl groups is 1. The number of rotatable bonds is 4. The molecule has 0 atom stereocenters. The summed E-state index contributed by atoms with van der Waals surface area (Å²) in [5.74, 6) is -0.764. The summed E-state index contributed by atoms with van der Waals surface area (Å²) in [7, 11) is 0. The Morgan fingerprint density at radius 2 is 1.97 bits per heavy atom. The van der Waals surface area contributed by atoms with Crippen LogP contribution in [0.5, 0.6) is 0 Å². The summed E-state index contributed by atoms with van der Waals surface area (Å²) in [6.07, 6.45) is 5.06. The van der Waals surface area contributed by atoms with Crippen molar-refractivity contribution < 1.29 is 14.3 Å². The maximum absolute atomic E-state index is 13.1. The topological polar surface area (TPSA) is 117 Å². The fraction of sp³-hybridized carbons (Fsp3) is 0.261. The Kier molecular flexibility index (Phi) is 5.21. The molecule has 4 aromatic rings. The van der Waals surface area contributed by atoms with Crippen molar-refractivity contribution in [3.63, 3.8) is 0 Å². The number of amides is 1. The van der Waals surface area contributed by atoms with Crippen molar-refractivity contribution in [1.82, 2.24) is 29.6 Å². The lowest BCUT2D eigenvalue weighted by Gasteiger charge is -2.38. The number of carbonyl (C=O) groups is 1. The van der Waals surface area contributed by atoms with Crippen molar-refractivity contribution in [2.75, 3.05) is 13.1 Å². The molecule has 10 heteroatoms. The summed E-state index contributed by atoms with van der Waals surface area (Å²) >= 11 is 0. The van der Waals surface area contributed by atoms with Gasteiger partial charge in [0.15, 0.2) is 5.65 Å². The number of carbonyl (C=O) groups excluding carboxylic acids is 1. The van der Waals surface area contributed by atoms with Gasteiger partial charge in [0.1, 0.15) is 16.9 Å². The van der Waals surface area contributed by atoms with Crippen LogP contribution in [-0.2, 0) is 6.42 Å². The Hall–Kier alpha value is -3.92. The van der Waals surface area contributed by atoms with Gasteiger partial charge in [0, 0.05) is 19.5 Å². The Morgan fingerprint density at radius 1 is 1.15 bits per heavy atom. The van der Waals surface area contributed by atoms with Crippen molar-refractivity contribution in [3.05, 3.63) is 82.5 Å². The normalized spacial score (nSPS) is 15.6. The van der Waals surface area contributed by atoms with Crippen LogP contribution in [0.15, 0.2) is 59.9 Å². The molecule has 4 heterocycles. The van der Waals surface area contributed by atoms with Crippen LogP contribution in [0.25, 0.3) is 16.7 Å². The molecule has 3 aromatic heterocycles. The number of halogens is 1. The molecule has 0 aliphatic carbocycles. The van der Waals surface area contributed by atoms with E-state index in [4.69, 9.17) is 0 Å². The van der Waals surface area contributed by atoms with E-state index in [2.05, 4.69) is 20.1 Å². The standard InChI is InChI=1S/C23H21FN6O3/c24-16-4-5-19(25-12-16)22(32)29-8-6-23(33,7-9-29)11-15-2-1-3-17(10-15)30-20-18(13-28-30)21(31)27-14-26-20/h1-5,10,12-14,33H,6-9,11H2,(H,26,27,31). The largest absolute Gasteiger partial charge is 0.389 e.